The van der Waals surface area contributed by atoms with Crippen molar-refractivity contribution >= 4 is 34.2 Å². The van der Waals surface area contributed by atoms with E-state index in [9.17, 15) is 9.59 Å². The van der Waals surface area contributed by atoms with Gasteiger partial charge in [0.15, 0.2) is 0 Å². The molecule has 0 atom stereocenters. The fourth-order valence-electron chi connectivity index (χ4n) is 2.54. The third-order valence-corrected chi connectivity index (χ3v) is 3.94. The molecule has 0 aliphatic carbocycles. The van der Waals surface area contributed by atoms with Gasteiger partial charge >= 0.3 is 5.97 Å². The molecule has 110 valence electrons. The van der Waals surface area contributed by atoms with E-state index < -0.39 is 11.4 Å². The highest BCUT2D eigenvalue weighted by Crippen LogP contribution is 2.29. The Hall–Kier alpha value is -2.05. The molecular formula is C14H14ClN3O3. The minimum absolute atomic E-state index is 0.268. The van der Waals surface area contributed by atoms with E-state index in [1.54, 1.807) is 12.1 Å². The molecule has 0 unspecified atom stereocenters. The molecule has 6 nitrogen and oxygen atoms in total. The Morgan fingerprint density at radius 1 is 1.29 bits per heavy atom. The normalized spacial score (nSPS) is 15.4. The lowest BCUT2D eigenvalue weighted by Crippen LogP contribution is -2.43. The maximum absolute atomic E-state index is 12.2. The van der Waals surface area contributed by atoms with Crippen molar-refractivity contribution in [1.82, 2.24) is 10.3 Å². The number of aromatic nitrogens is 1. The van der Waals surface area contributed by atoms with Crippen LogP contribution >= 0.6 is 11.6 Å². The van der Waals surface area contributed by atoms with Crippen molar-refractivity contribution < 1.29 is 9.90 Å². The van der Waals surface area contributed by atoms with E-state index in [0.29, 0.717) is 15.9 Å². The van der Waals surface area contributed by atoms with Crippen LogP contribution in [0.2, 0.25) is 5.02 Å². The first kappa shape index (κ1) is 13.9. The summed E-state index contributed by atoms with van der Waals surface area (Å²) in [6, 6.07) is 3.34. The summed E-state index contributed by atoms with van der Waals surface area (Å²) in [5.41, 5.74) is 0.535. The molecule has 1 aromatic carbocycles. The molecule has 1 aliphatic heterocycles. The zero-order valence-corrected chi connectivity index (χ0v) is 11.9. The molecule has 21 heavy (non-hydrogen) atoms. The van der Waals surface area contributed by atoms with Crippen LogP contribution in [0.15, 0.2) is 23.1 Å². The van der Waals surface area contributed by atoms with Gasteiger partial charge < -0.3 is 20.3 Å². The third kappa shape index (κ3) is 2.48. The number of H-pyrrole nitrogens is 1. The predicted octanol–water partition coefficient (Wildman–Crippen LogP) is 1.29. The molecular weight excluding hydrogens is 294 g/mol. The highest BCUT2D eigenvalue weighted by atomic mass is 35.5. The number of fused-ring (bicyclic) bond motifs is 1. The second-order valence-corrected chi connectivity index (χ2v) is 5.33. The molecule has 1 saturated heterocycles. The molecule has 3 N–H and O–H groups in total. The average Bonchev–Trinajstić information content (AvgIpc) is 2.47. The molecule has 2 heterocycles. The van der Waals surface area contributed by atoms with Crippen LogP contribution in [-0.2, 0) is 0 Å². The summed E-state index contributed by atoms with van der Waals surface area (Å²) >= 11 is 6.29. The van der Waals surface area contributed by atoms with Crippen LogP contribution in [-0.4, -0.2) is 42.2 Å². The number of hydrogen-bond donors (Lipinski definition) is 3. The number of aromatic amines is 1. The van der Waals surface area contributed by atoms with Crippen LogP contribution in [0.4, 0.5) is 5.69 Å². The molecule has 7 heteroatoms. The number of carboxylic acid groups (broad SMARTS) is 1. The summed E-state index contributed by atoms with van der Waals surface area (Å²) in [6.45, 7) is 3.28. The Balaban J connectivity index is 2.18. The largest absolute Gasteiger partial charge is 0.477 e. The van der Waals surface area contributed by atoms with Gasteiger partial charge in [0, 0.05) is 37.8 Å². The number of hydrogen-bond acceptors (Lipinski definition) is 4. The SMILES string of the molecule is O=C(O)c1c[nH]c2cc(Cl)c(N3CCNCC3)cc2c1=O. The number of piperazine rings is 1. The van der Waals surface area contributed by atoms with E-state index in [1.165, 1.54) is 6.20 Å². The number of nitrogens with zero attached hydrogens (tertiary/aromatic N) is 1. The Labute approximate surface area is 125 Å². The van der Waals surface area contributed by atoms with Crippen molar-refractivity contribution in [1.29, 1.82) is 0 Å². The van der Waals surface area contributed by atoms with Gasteiger partial charge in [-0.25, -0.2) is 4.79 Å². The van der Waals surface area contributed by atoms with Gasteiger partial charge in [0.2, 0.25) is 5.43 Å². The van der Waals surface area contributed by atoms with Crippen LogP contribution in [0.25, 0.3) is 10.9 Å². The van der Waals surface area contributed by atoms with Crippen molar-refractivity contribution in [3.63, 3.8) is 0 Å². The predicted molar refractivity (Wildman–Crippen MR) is 81.6 cm³/mol. The lowest BCUT2D eigenvalue weighted by molar-refractivity contribution is 0.0695. The van der Waals surface area contributed by atoms with Crippen LogP contribution in [0.5, 0.6) is 0 Å². The third-order valence-electron chi connectivity index (χ3n) is 3.64. The number of anilines is 1. The minimum Gasteiger partial charge on any atom is -0.477 e. The van der Waals surface area contributed by atoms with E-state index in [2.05, 4.69) is 15.2 Å². The van der Waals surface area contributed by atoms with Crippen molar-refractivity contribution in [2.75, 3.05) is 31.1 Å². The molecule has 0 saturated carbocycles. The highest BCUT2D eigenvalue weighted by Gasteiger charge is 2.17. The smallest absolute Gasteiger partial charge is 0.341 e. The molecule has 0 amide bonds. The van der Waals surface area contributed by atoms with Crippen molar-refractivity contribution in [3.05, 3.63) is 39.1 Å². The van der Waals surface area contributed by atoms with E-state index in [0.717, 1.165) is 31.9 Å². The summed E-state index contributed by atoms with van der Waals surface area (Å²) in [5, 5.41) is 13.2. The van der Waals surface area contributed by atoms with Gasteiger partial charge in [-0.2, -0.15) is 0 Å². The zero-order chi connectivity index (χ0) is 15.0. The van der Waals surface area contributed by atoms with Gasteiger partial charge in [0.1, 0.15) is 5.56 Å². The van der Waals surface area contributed by atoms with Gasteiger partial charge in [-0.05, 0) is 12.1 Å². The standard InChI is InChI=1S/C14H14ClN3O3/c15-10-6-11-8(13(19)9(7-17-11)14(20)21)5-12(10)18-3-1-16-2-4-18/h5-7,16H,1-4H2,(H,17,19)(H,20,21). The van der Waals surface area contributed by atoms with E-state index >= 15 is 0 Å². The van der Waals surface area contributed by atoms with Crippen LogP contribution in [0, 0.1) is 0 Å². The lowest BCUT2D eigenvalue weighted by atomic mass is 10.1. The lowest BCUT2D eigenvalue weighted by Gasteiger charge is -2.30. The molecule has 1 aliphatic rings. The number of pyridine rings is 1. The van der Waals surface area contributed by atoms with Gasteiger partial charge in [-0.15, -0.1) is 0 Å². The Kier molecular flexibility index (Phi) is 3.57. The Bertz CT molecular complexity index is 766. The summed E-state index contributed by atoms with van der Waals surface area (Å²) in [4.78, 5) is 28.2. The molecule has 1 aromatic heterocycles. The van der Waals surface area contributed by atoms with Crippen LogP contribution in [0.3, 0.4) is 0 Å². The highest BCUT2D eigenvalue weighted by molar-refractivity contribution is 6.34. The zero-order valence-electron chi connectivity index (χ0n) is 11.1. The monoisotopic (exact) mass is 307 g/mol. The molecule has 3 rings (SSSR count). The van der Waals surface area contributed by atoms with E-state index in [1.807, 2.05) is 0 Å². The fraction of sp³-hybridized carbons (Fsp3) is 0.286. The molecule has 0 spiro atoms. The second kappa shape index (κ2) is 5.38. The van der Waals surface area contributed by atoms with Gasteiger partial charge in [0.25, 0.3) is 0 Å². The number of rotatable bonds is 2. The van der Waals surface area contributed by atoms with Crippen molar-refractivity contribution in [3.8, 4) is 0 Å². The van der Waals surface area contributed by atoms with Crippen molar-refractivity contribution in [2.24, 2.45) is 0 Å². The van der Waals surface area contributed by atoms with Crippen LogP contribution < -0.4 is 15.6 Å². The Morgan fingerprint density at radius 2 is 2.00 bits per heavy atom. The fourth-order valence-corrected chi connectivity index (χ4v) is 2.82. The second-order valence-electron chi connectivity index (χ2n) is 4.92. The minimum atomic E-state index is -1.24. The molecule has 0 radical (unpaired) electrons. The number of aromatic carboxylic acids is 1. The number of carbonyl (C=O) groups is 1. The number of carboxylic acids is 1. The molecule has 1 fully saturated rings. The van der Waals surface area contributed by atoms with Gasteiger partial charge in [-0.3, -0.25) is 4.79 Å². The number of nitrogens with one attached hydrogen (secondary N) is 2. The number of benzene rings is 1. The quantitative estimate of drug-likeness (QED) is 0.778. The first-order valence-electron chi connectivity index (χ1n) is 6.62. The Morgan fingerprint density at radius 3 is 2.67 bits per heavy atom. The van der Waals surface area contributed by atoms with Gasteiger partial charge in [0.05, 0.1) is 16.2 Å². The molecule has 2 aromatic rings. The topological polar surface area (TPSA) is 85.4 Å². The number of halogens is 1. The van der Waals surface area contributed by atoms with E-state index in [4.69, 9.17) is 16.7 Å². The maximum atomic E-state index is 12.2. The first-order chi connectivity index (χ1) is 10.1. The maximum Gasteiger partial charge on any atom is 0.341 e. The molecule has 0 bridgehead atoms. The summed E-state index contributed by atoms with van der Waals surface area (Å²) < 4.78 is 0. The van der Waals surface area contributed by atoms with E-state index in [-0.39, 0.29) is 5.56 Å². The van der Waals surface area contributed by atoms with Gasteiger partial charge in [-0.1, -0.05) is 11.6 Å². The summed E-state index contributed by atoms with van der Waals surface area (Å²) in [5.74, 6) is -1.24. The summed E-state index contributed by atoms with van der Waals surface area (Å²) in [7, 11) is 0. The van der Waals surface area contributed by atoms with Crippen LogP contribution in [0.1, 0.15) is 10.4 Å². The van der Waals surface area contributed by atoms with Crippen molar-refractivity contribution in [2.45, 2.75) is 0 Å². The first-order valence-corrected chi connectivity index (χ1v) is 6.99. The summed E-state index contributed by atoms with van der Waals surface area (Å²) in [6.07, 6.45) is 1.20. The average molecular weight is 308 g/mol.